The molecule has 0 radical (unpaired) electrons. The lowest BCUT2D eigenvalue weighted by molar-refractivity contribution is 0.669. The minimum atomic E-state index is 0.884. The Morgan fingerprint density at radius 3 is 1.92 bits per heavy atom. The van der Waals surface area contributed by atoms with Crippen molar-refractivity contribution in [2.24, 2.45) is 0 Å². The van der Waals surface area contributed by atoms with Crippen LogP contribution in [0.5, 0.6) is 0 Å². The van der Waals surface area contributed by atoms with Crippen LogP contribution < -0.4 is 4.90 Å². The number of thiophene rings is 1. The summed E-state index contributed by atoms with van der Waals surface area (Å²) in [5.41, 5.74) is 9.43. The van der Waals surface area contributed by atoms with Gasteiger partial charge in [-0.05, 0) is 82.6 Å². The van der Waals surface area contributed by atoms with Gasteiger partial charge in [0, 0.05) is 55.1 Å². The average Bonchev–Trinajstić information content (AvgIpc) is 3.74. The molecule has 10 rings (SSSR count). The lowest BCUT2D eigenvalue weighted by atomic mass is 10.0. The predicted octanol–water partition coefficient (Wildman–Crippen LogP) is 13.3. The van der Waals surface area contributed by atoms with Crippen molar-refractivity contribution in [1.29, 1.82) is 0 Å². The molecule has 230 valence electrons. The first-order valence-electron chi connectivity index (χ1n) is 16.4. The lowest BCUT2D eigenvalue weighted by Crippen LogP contribution is -2.09. The summed E-state index contributed by atoms with van der Waals surface area (Å²) in [5, 5.41) is 7.33. The Morgan fingerprint density at radius 1 is 0.449 bits per heavy atom. The van der Waals surface area contributed by atoms with Crippen molar-refractivity contribution < 1.29 is 4.42 Å². The van der Waals surface area contributed by atoms with Gasteiger partial charge >= 0.3 is 0 Å². The molecule has 0 atom stereocenters. The molecular weight excluding hydrogens is 617 g/mol. The lowest BCUT2D eigenvalue weighted by Gasteiger charge is -2.26. The molecule has 0 spiro atoms. The van der Waals surface area contributed by atoms with E-state index in [2.05, 4.69) is 157 Å². The highest BCUT2D eigenvalue weighted by Crippen LogP contribution is 2.42. The maximum atomic E-state index is 6.18. The summed E-state index contributed by atoms with van der Waals surface area (Å²) in [4.78, 5) is 7.24. The Kier molecular flexibility index (Phi) is 6.36. The molecule has 0 saturated carbocycles. The van der Waals surface area contributed by atoms with Gasteiger partial charge in [-0.3, -0.25) is 4.98 Å². The van der Waals surface area contributed by atoms with E-state index in [9.17, 15) is 0 Å². The van der Waals surface area contributed by atoms with Gasteiger partial charge in [-0.15, -0.1) is 11.3 Å². The van der Waals surface area contributed by atoms with Crippen LogP contribution in [0, 0.1) is 0 Å². The van der Waals surface area contributed by atoms with Crippen LogP contribution in [0.15, 0.2) is 174 Å². The molecule has 3 heterocycles. The molecule has 7 aromatic carbocycles. The van der Waals surface area contributed by atoms with Crippen molar-refractivity contribution in [3.05, 3.63) is 170 Å². The predicted molar refractivity (Wildman–Crippen MR) is 207 cm³/mol. The smallest absolute Gasteiger partial charge is 0.135 e. The summed E-state index contributed by atoms with van der Waals surface area (Å²) < 4.78 is 8.68. The molecule has 0 aliphatic rings. The maximum absolute atomic E-state index is 6.18. The van der Waals surface area contributed by atoms with Gasteiger partial charge in [0.25, 0.3) is 0 Å². The van der Waals surface area contributed by atoms with Crippen LogP contribution in [0.2, 0.25) is 0 Å². The zero-order chi connectivity index (χ0) is 32.3. The number of para-hydroxylation sites is 1. The fourth-order valence-electron chi connectivity index (χ4n) is 7.13. The van der Waals surface area contributed by atoms with Gasteiger partial charge in [0.2, 0.25) is 0 Å². The van der Waals surface area contributed by atoms with Crippen LogP contribution in [-0.4, -0.2) is 4.98 Å². The van der Waals surface area contributed by atoms with E-state index in [1.807, 2.05) is 29.7 Å². The minimum Gasteiger partial charge on any atom is -0.456 e. The van der Waals surface area contributed by atoms with Crippen molar-refractivity contribution in [3.8, 4) is 22.4 Å². The summed E-state index contributed by atoms with van der Waals surface area (Å²) in [7, 11) is 0. The Morgan fingerprint density at radius 2 is 1.10 bits per heavy atom. The third-order valence-corrected chi connectivity index (χ3v) is 10.6. The molecule has 0 saturated heterocycles. The van der Waals surface area contributed by atoms with E-state index in [1.54, 1.807) is 0 Å². The van der Waals surface area contributed by atoms with Crippen molar-refractivity contribution in [2.75, 3.05) is 4.90 Å². The fraction of sp³-hybridized carbons (Fsp3) is 0. The van der Waals surface area contributed by atoms with Gasteiger partial charge in [-0.1, -0.05) is 103 Å². The van der Waals surface area contributed by atoms with Gasteiger partial charge in [0.05, 0.1) is 10.4 Å². The van der Waals surface area contributed by atoms with Crippen LogP contribution in [0.3, 0.4) is 0 Å². The number of hydrogen-bond donors (Lipinski definition) is 0. The second-order valence-electron chi connectivity index (χ2n) is 12.4. The molecule has 49 heavy (non-hydrogen) atoms. The zero-order valence-corrected chi connectivity index (χ0v) is 27.2. The van der Waals surface area contributed by atoms with Crippen molar-refractivity contribution in [1.82, 2.24) is 4.98 Å². The quantitative estimate of drug-likeness (QED) is 0.187. The highest BCUT2D eigenvalue weighted by molar-refractivity contribution is 7.26. The number of anilines is 3. The van der Waals surface area contributed by atoms with Gasteiger partial charge in [-0.25, -0.2) is 0 Å². The molecule has 0 unspecified atom stereocenters. The molecular formula is C45H28N2OS. The SMILES string of the molecule is c1ccc(-c2ccc(N(c3ccc(-c4cc5c(cn4)sc4ccc6ccccc6c45)cc3)c3ccc4oc5ccccc5c4c3)cc2)cc1. The average molecular weight is 645 g/mol. The number of nitrogens with zero attached hydrogens (tertiary/aromatic N) is 2. The second-order valence-corrected chi connectivity index (χ2v) is 13.5. The van der Waals surface area contributed by atoms with E-state index in [1.165, 1.54) is 42.1 Å². The van der Waals surface area contributed by atoms with Crippen LogP contribution in [0.1, 0.15) is 0 Å². The molecule has 0 aliphatic heterocycles. The van der Waals surface area contributed by atoms with Gasteiger partial charge in [-0.2, -0.15) is 0 Å². The molecule has 0 amide bonds. The third-order valence-electron chi connectivity index (χ3n) is 9.52. The van der Waals surface area contributed by atoms with Crippen molar-refractivity contribution in [3.63, 3.8) is 0 Å². The monoisotopic (exact) mass is 644 g/mol. The first kappa shape index (κ1) is 27.8. The second kappa shape index (κ2) is 11.2. The van der Waals surface area contributed by atoms with E-state index in [0.717, 1.165) is 50.3 Å². The maximum Gasteiger partial charge on any atom is 0.135 e. The van der Waals surface area contributed by atoms with Crippen molar-refractivity contribution in [2.45, 2.75) is 0 Å². The number of fused-ring (bicyclic) bond motifs is 8. The topological polar surface area (TPSA) is 29.3 Å². The molecule has 10 aromatic rings. The first-order chi connectivity index (χ1) is 24.3. The minimum absolute atomic E-state index is 0.884. The van der Waals surface area contributed by atoms with E-state index in [0.29, 0.717) is 0 Å². The fourth-order valence-corrected chi connectivity index (χ4v) is 8.20. The molecule has 0 N–H and O–H groups in total. The normalized spacial score (nSPS) is 11.7. The third kappa shape index (κ3) is 4.68. The largest absolute Gasteiger partial charge is 0.456 e. The van der Waals surface area contributed by atoms with Crippen LogP contribution in [-0.2, 0) is 0 Å². The number of hydrogen-bond acceptors (Lipinski definition) is 4. The summed E-state index contributed by atoms with van der Waals surface area (Å²) in [6, 6.07) is 58.1. The number of aromatic nitrogens is 1. The summed E-state index contributed by atoms with van der Waals surface area (Å²) >= 11 is 1.81. The molecule has 3 nitrogen and oxygen atoms in total. The molecule has 0 fully saturated rings. The number of benzene rings is 7. The van der Waals surface area contributed by atoms with E-state index in [4.69, 9.17) is 9.40 Å². The highest BCUT2D eigenvalue weighted by Gasteiger charge is 2.17. The Hall–Kier alpha value is -6.23. The molecule has 4 heteroatoms. The zero-order valence-electron chi connectivity index (χ0n) is 26.4. The first-order valence-corrected chi connectivity index (χ1v) is 17.3. The number of furan rings is 1. The van der Waals surface area contributed by atoms with Gasteiger partial charge in [0.1, 0.15) is 11.2 Å². The highest BCUT2D eigenvalue weighted by atomic mass is 32.1. The number of pyridine rings is 1. The standard InChI is InChI=1S/C45H28N2OS/c1-2-8-29(9-3-1)30-14-19-33(20-15-30)47(35-23-24-42-38(26-35)37-12-6-7-13-41(37)48-42)34-21-16-32(17-22-34)40-27-39-44(28-46-40)49-43-25-18-31-10-4-5-11-36(31)45(39)43/h1-28H. The number of rotatable bonds is 5. The molecule has 0 bridgehead atoms. The van der Waals surface area contributed by atoms with Crippen LogP contribution in [0.4, 0.5) is 17.1 Å². The van der Waals surface area contributed by atoms with Crippen LogP contribution in [0.25, 0.3) is 75.3 Å². The molecule has 3 aromatic heterocycles. The summed E-state index contributed by atoms with van der Waals surface area (Å²) in [5.74, 6) is 0. The van der Waals surface area contributed by atoms with E-state index in [-0.39, 0.29) is 0 Å². The van der Waals surface area contributed by atoms with Gasteiger partial charge in [0.15, 0.2) is 0 Å². The summed E-state index contributed by atoms with van der Waals surface area (Å²) in [6.45, 7) is 0. The van der Waals surface area contributed by atoms with E-state index < -0.39 is 0 Å². The Labute approximate surface area is 286 Å². The Balaban J connectivity index is 1.08. The molecule has 0 aliphatic carbocycles. The Bertz CT molecular complexity index is 2810. The summed E-state index contributed by atoms with van der Waals surface area (Å²) in [6.07, 6.45) is 2.03. The van der Waals surface area contributed by atoms with Gasteiger partial charge < -0.3 is 9.32 Å². The van der Waals surface area contributed by atoms with E-state index >= 15 is 0 Å². The van der Waals surface area contributed by atoms with Crippen molar-refractivity contribution >= 4 is 81.3 Å². The van der Waals surface area contributed by atoms with Crippen LogP contribution >= 0.6 is 11.3 Å².